The Morgan fingerprint density at radius 3 is 2.76 bits per heavy atom. The molecule has 0 amide bonds. The third kappa shape index (κ3) is 2.49. The van der Waals surface area contributed by atoms with Crippen molar-refractivity contribution in [3.05, 3.63) is 29.7 Å². The van der Waals surface area contributed by atoms with E-state index in [1.807, 2.05) is 35.6 Å². The zero-order valence-corrected chi connectivity index (χ0v) is 10.8. The van der Waals surface area contributed by atoms with Crippen LogP contribution < -0.4 is 5.32 Å². The van der Waals surface area contributed by atoms with Crippen molar-refractivity contribution in [2.75, 3.05) is 5.32 Å². The van der Waals surface area contributed by atoms with Crippen LogP contribution in [0.1, 0.15) is 31.1 Å². The molecule has 2 aromatic heterocycles. The Labute approximate surface area is 101 Å². The molecule has 0 aliphatic rings. The molecule has 0 fully saturated rings. The van der Waals surface area contributed by atoms with Crippen molar-refractivity contribution < 1.29 is 0 Å². The van der Waals surface area contributed by atoms with Crippen molar-refractivity contribution in [3.8, 4) is 0 Å². The minimum absolute atomic E-state index is 0.213. The van der Waals surface area contributed by atoms with Gasteiger partial charge >= 0.3 is 0 Å². The fraction of sp³-hybridized carbons (Fsp3) is 0.500. The first-order chi connectivity index (χ1) is 8.10. The molecule has 2 aromatic rings. The summed E-state index contributed by atoms with van der Waals surface area (Å²) >= 11 is 0. The van der Waals surface area contributed by atoms with E-state index in [9.17, 15) is 0 Å². The van der Waals surface area contributed by atoms with E-state index in [0.717, 1.165) is 18.1 Å². The molecule has 17 heavy (non-hydrogen) atoms. The highest BCUT2D eigenvalue weighted by atomic mass is 15.3. The van der Waals surface area contributed by atoms with E-state index in [-0.39, 0.29) is 6.04 Å². The zero-order chi connectivity index (χ0) is 12.4. The third-order valence-electron chi connectivity index (χ3n) is 2.96. The van der Waals surface area contributed by atoms with E-state index in [4.69, 9.17) is 0 Å². The fourth-order valence-corrected chi connectivity index (χ4v) is 1.71. The first-order valence-electron chi connectivity index (χ1n) is 5.89. The van der Waals surface area contributed by atoms with E-state index in [1.54, 1.807) is 0 Å². The van der Waals surface area contributed by atoms with Crippen LogP contribution in [0.4, 0.5) is 5.82 Å². The predicted octanol–water partition coefficient (Wildman–Crippen LogP) is 2.12. The molecule has 1 unspecified atom stereocenters. The Morgan fingerprint density at radius 2 is 2.24 bits per heavy atom. The topological polar surface area (TPSA) is 47.7 Å². The van der Waals surface area contributed by atoms with Crippen molar-refractivity contribution in [1.82, 2.24) is 19.6 Å². The summed E-state index contributed by atoms with van der Waals surface area (Å²) in [6.07, 6.45) is 3.96. The second-order valence-electron chi connectivity index (χ2n) is 4.29. The molecule has 1 atom stereocenters. The molecule has 5 nitrogen and oxygen atoms in total. The number of aromatic nitrogens is 4. The molecule has 0 aliphatic heterocycles. The maximum absolute atomic E-state index is 4.38. The highest BCUT2D eigenvalue weighted by Crippen LogP contribution is 2.18. The Kier molecular flexibility index (Phi) is 3.17. The molecule has 0 aromatic carbocycles. The first-order valence-corrected chi connectivity index (χ1v) is 5.89. The normalized spacial score (nSPS) is 12.7. The predicted molar refractivity (Wildman–Crippen MR) is 67.9 cm³/mol. The molecule has 5 heteroatoms. The molecule has 0 radical (unpaired) electrons. The van der Waals surface area contributed by atoms with Crippen LogP contribution >= 0.6 is 0 Å². The minimum Gasteiger partial charge on any atom is -0.362 e. The second kappa shape index (κ2) is 4.61. The van der Waals surface area contributed by atoms with Gasteiger partial charge in [0.15, 0.2) is 0 Å². The van der Waals surface area contributed by atoms with E-state index in [1.165, 1.54) is 5.56 Å². The van der Waals surface area contributed by atoms with Gasteiger partial charge in [-0.1, -0.05) is 0 Å². The van der Waals surface area contributed by atoms with Gasteiger partial charge in [0.25, 0.3) is 0 Å². The van der Waals surface area contributed by atoms with Gasteiger partial charge in [-0.2, -0.15) is 10.2 Å². The van der Waals surface area contributed by atoms with Gasteiger partial charge in [0, 0.05) is 37.1 Å². The second-order valence-corrected chi connectivity index (χ2v) is 4.29. The quantitative estimate of drug-likeness (QED) is 0.880. The third-order valence-corrected chi connectivity index (χ3v) is 2.96. The van der Waals surface area contributed by atoms with Gasteiger partial charge in [0.05, 0.1) is 12.2 Å². The summed E-state index contributed by atoms with van der Waals surface area (Å²) in [5.41, 5.74) is 2.32. The van der Waals surface area contributed by atoms with Gasteiger partial charge in [-0.25, -0.2) is 0 Å². The molecule has 0 spiro atoms. The molecule has 1 N–H and O–H groups in total. The van der Waals surface area contributed by atoms with Crippen LogP contribution in [-0.2, 0) is 13.6 Å². The van der Waals surface area contributed by atoms with Crippen LogP contribution in [0.5, 0.6) is 0 Å². The molecular formula is C12H19N5. The Hall–Kier alpha value is -1.78. The highest BCUT2D eigenvalue weighted by molar-refractivity contribution is 5.38. The SMILES string of the molecule is CCn1cc(C(C)Nc2cc(C)n(C)n2)cn1. The molecule has 0 aliphatic carbocycles. The maximum atomic E-state index is 4.38. The van der Waals surface area contributed by atoms with Crippen LogP contribution in [0.3, 0.4) is 0 Å². The molecule has 0 saturated carbocycles. The summed E-state index contributed by atoms with van der Waals surface area (Å²) in [6, 6.07) is 2.25. The molecule has 92 valence electrons. The summed E-state index contributed by atoms with van der Waals surface area (Å²) in [4.78, 5) is 0. The van der Waals surface area contributed by atoms with Gasteiger partial charge in [-0.3, -0.25) is 9.36 Å². The van der Waals surface area contributed by atoms with Gasteiger partial charge in [0.1, 0.15) is 5.82 Å². The van der Waals surface area contributed by atoms with Crippen LogP contribution in [0, 0.1) is 6.92 Å². The van der Waals surface area contributed by atoms with Crippen molar-refractivity contribution in [3.63, 3.8) is 0 Å². The van der Waals surface area contributed by atoms with Gasteiger partial charge in [-0.15, -0.1) is 0 Å². The van der Waals surface area contributed by atoms with E-state index >= 15 is 0 Å². The Bertz CT molecular complexity index is 477. The first kappa shape index (κ1) is 11.7. The number of nitrogens with one attached hydrogen (secondary N) is 1. The number of rotatable bonds is 4. The van der Waals surface area contributed by atoms with Gasteiger partial charge < -0.3 is 5.32 Å². The van der Waals surface area contributed by atoms with Crippen LogP contribution in [0.15, 0.2) is 18.5 Å². The lowest BCUT2D eigenvalue weighted by molar-refractivity contribution is 0.658. The standard InChI is InChI=1S/C12H19N5/c1-5-17-8-11(7-13-17)10(3)14-12-6-9(2)16(4)15-12/h6-8,10H,5H2,1-4H3,(H,14,15). The Balaban J connectivity index is 2.08. The summed E-state index contributed by atoms with van der Waals surface area (Å²) in [7, 11) is 1.94. The molecule has 2 rings (SSSR count). The number of anilines is 1. The lowest BCUT2D eigenvalue weighted by Crippen LogP contribution is -2.06. The van der Waals surface area contributed by atoms with Crippen LogP contribution in [0.25, 0.3) is 0 Å². The number of hydrogen-bond donors (Lipinski definition) is 1. The zero-order valence-electron chi connectivity index (χ0n) is 10.8. The van der Waals surface area contributed by atoms with Gasteiger partial charge in [-0.05, 0) is 20.8 Å². The summed E-state index contributed by atoms with van der Waals surface area (Å²) in [5, 5.41) is 12.0. The lowest BCUT2D eigenvalue weighted by Gasteiger charge is -2.10. The number of nitrogens with zero attached hydrogens (tertiary/aromatic N) is 4. The van der Waals surface area contributed by atoms with Crippen molar-refractivity contribution in [1.29, 1.82) is 0 Å². The van der Waals surface area contributed by atoms with Crippen LogP contribution in [-0.4, -0.2) is 19.6 Å². The monoisotopic (exact) mass is 233 g/mol. The minimum atomic E-state index is 0.213. The largest absolute Gasteiger partial charge is 0.362 e. The molecule has 2 heterocycles. The highest BCUT2D eigenvalue weighted by Gasteiger charge is 2.09. The summed E-state index contributed by atoms with van der Waals surface area (Å²) < 4.78 is 3.79. The number of aryl methyl sites for hydroxylation is 3. The summed E-state index contributed by atoms with van der Waals surface area (Å²) in [6.45, 7) is 7.13. The van der Waals surface area contributed by atoms with Crippen molar-refractivity contribution >= 4 is 5.82 Å². The van der Waals surface area contributed by atoms with E-state index in [0.29, 0.717) is 0 Å². The molecule has 0 saturated heterocycles. The lowest BCUT2D eigenvalue weighted by atomic mass is 10.2. The smallest absolute Gasteiger partial charge is 0.148 e. The van der Waals surface area contributed by atoms with E-state index < -0.39 is 0 Å². The summed E-state index contributed by atoms with van der Waals surface area (Å²) in [5.74, 6) is 0.904. The van der Waals surface area contributed by atoms with Crippen LogP contribution in [0.2, 0.25) is 0 Å². The van der Waals surface area contributed by atoms with Crippen molar-refractivity contribution in [2.24, 2.45) is 7.05 Å². The maximum Gasteiger partial charge on any atom is 0.148 e. The van der Waals surface area contributed by atoms with Crippen molar-refractivity contribution in [2.45, 2.75) is 33.4 Å². The average molecular weight is 233 g/mol. The van der Waals surface area contributed by atoms with E-state index in [2.05, 4.69) is 35.6 Å². The molecule has 0 bridgehead atoms. The average Bonchev–Trinajstić information content (AvgIpc) is 2.87. The molecular weight excluding hydrogens is 214 g/mol. The number of hydrogen-bond acceptors (Lipinski definition) is 3. The fourth-order valence-electron chi connectivity index (χ4n) is 1.71. The Morgan fingerprint density at radius 1 is 1.47 bits per heavy atom. The van der Waals surface area contributed by atoms with Gasteiger partial charge in [0.2, 0.25) is 0 Å².